The molecular weight excluding hydrogens is 276 g/mol. The standard InChI is InChI=1S/C14H18N2O5/c17-13(15-3-7-19-8-4-15)11-1-2-12(21-11)14(18)16-5-9-20-10-6-16/h1-2H,3-10H2. The monoisotopic (exact) mass is 294 g/mol. The quantitative estimate of drug-likeness (QED) is 0.780. The van der Waals surface area contributed by atoms with Gasteiger partial charge < -0.3 is 23.7 Å². The fraction of sp³-hybridized carbons (Fsp3) is 0.571. The van der Waals surface area contributed by atoms with Crippen LogP contribution >= 0.6 is 0 Å². The molecule has 0 aromatic carbocycles. The average molecular weight is 294 g/mol. The Morgan fingerprint density at radius 2 is 1.14 bits per heavy atom. The summed E-state index contributed by atoms with van der Waals surface area (Å²) >= 11 is 0. The molecule has 1 aromatic rings. The summed E-state index contributed by atoms with van der Waals surface area (Å²) in [6, 6.07) is 3.12. The Balaban J connectivity index is 1.67. The SMILES string of the molecule is O=C(c1ccc(C(=O)N2CCOCC2)o1)N1CCOCC1. The zero-order chi connectivity index (χ0) is 14.7. The van der Waals surface area contributed by atoms with Gasteiger partial charge in [-0.15, -0.1) is 0 Å². The summed E-state index contributed by atoms with van der Waals surface area (Å²) in [5.41, 5.74) is 0. The van der Waals surface area contributed by atoms with Gasteiger partial charge in [-0.2, -0.15) is 0 Å². The highest BCUT2D eigenvalue weighted by molar-refractivity contribution is 5.95. The largest absolute Gasteiger partial charge is 0.446 e. The number of furan rings is 1. The summed E-state index contributed by atoms with van der Waals surface area (Å²) in [7, 11) is 0. The van der Waals surface area contributed by atoms with E-state index in [0.717, 1.165) is 0 Å². The molecule has 2 fully saturated rings. The van der Waals surface area contributed by atoms with Gasteiger partial charge in [0.25, 0.3) is 11.8 Å². The minimum Gasteiger partial charge on any atom is -0.446 e. The number of hydrogen-bond donors (Lipinski definition) is 0. The maximum absolute atomic E-state index is 12.2. The number of carbonyl (C=O) groups is 2. The van der Waals surface area contributed by atoms with E-state index in [0.29, 0.717) is 52.6 Å². The number of rotatable bonds is 2. The van der Waals surface area contributed by atoms with Crippen molar-refractivity contribution in [2.24, 2.45) is 0 Å². The Morgan fingerprint density at radius 3 is 1.52 bits per heavy atom. The van der Waals surface area contributed by atoms with Gasteiger partial charge in [0.1, 0.15) is 0 Å². The molecule has 0 atom stereocenters. The number of nitrogens with zero attached hydrogens (tertiary/aromatic N) is 2. The highest BCUT2D eigenvalue weighted by atomic mass is 16.5. The van der Waals surface area contributed by atoms with Crippen LogP contribution in [0, 0.1) is 0 Å². The van der Waals surface area contributed by atoms with E-state index in [9.17, 15) is 9.59 Å². The maximum Gasteiger partial charge on any atom is 0.289 e. The Morgan fingerprint density at radius 1 is 0.762 bits per heavy atom. The van der Waals surface area contributed by atoms with Crippen molar-refractivity contribution in [3.8, 4) is 0 Å². The van der Waals surface area contributed by atoms with Gasteiger partial charge in [0, 0.05) is 26.2 Å². The second-order valence-corrected chi connectivity index (χ2v) is 4.97. The van der Waals surface area contributed by atoms with Gasteiger partial charge in [0.05, 0.1) is 26.4 Å². The molecule has 21 heavy (non-hydrogen) atoms. The minimum absolute atomic E-state index is 0.195. The molecule has 7 heteroatoms. The molecule has 2 saturated heterocycles. The lowest BCUT2D eigenvalue weighted by Gasteiger charge is -2.26. The summed E-state index contributed by atoms with van der Waals surface area (Å²) in [6.45, 7) is 4.33. The Hall–Kier alpha value is -1.86. The third-order valence-corrected chi connectivity index (χ3v) is 3.62. The van der Waals surface area contributed by atoms with Crippen LogP contribution in [0.4, 0.5) is 0 Å². The van der Waals surface area contributed by atoms with Gasteiger partial charge in [0.2, 0.25) is 0 Å². The topological polar surface area (TPSA) is 72.2 Å². The van der Waals surface area contributed by atoms with Crippen molar-refractivity contribution in [1.29, 1.82) is 0 Å². The Labute approximate surface area is 122 Å². The van der Waals surface area contributed by atoms with Gasteiger partial charge in [-0.05, 0) is 12.1 Å². The molecule has 0 radical (unpaired) electrons. The van der Waals surface area contributed by atoms with Gasteiger partial charge in [-0.25, -0.2) is 0 Å². The molecule has 0 spiro atoms. The third-order valence-electron chi connectivity index (χ3n) is 3.62. The first-order valence-corrected chi connectivity index (χ1v) is 7.09. The Bertz CT molecular complexity index is 471. The van der Waals surface area contributed by atoms with Crippen LogP contribution in [-0.4, -0.2) is 74.2 Å². The van der Waals surface area contributed by atoms with Crippen molar-refractivity contribution in [3.05, 3.63) is 23.7 Å². The molecule has 0 N–H and O–H groups in total. The number of morpholine rings is 2. The lowest BCUT2D eigenvalue weighted by molar-refractivity contribution is 0.0259. The van der Waals surface area contributed by atoms with E-state index in [2.05, 4.69) is 0 Å². The summed E-state index contributed by atoms with van der Waals surface area (Å²) < 4.78 is 15.9. The summed E-state index contributed by atoms with van der Waals surface area (Å²) in [4.78, 5) is 27.8. The molecule has 7 nitrogen and oxygen atoms in total. The third kappa shape index (κ3) is 3.08. The second kappa shape index (κ2) is 6.28. The van der Waals surface area contributed by atoms with E-state index < -0.39 is 0 Å². The van der Waals surface area contributed by atoms with E-state index in [-0.39, 0.29) is 23.3 Å². The minimum atomic E-state index is -0.195. The summed E-state index contributed by atoms with van der Waals surface area (Å²) in [5.74, 6) is 0.0145. The van der Waals surface area contributed by atoms with E-state index in [1.807, 2.05) is 0 Å². The van der Waals surface area contributed by atoms with Crippen LogP contribution in [0.3, 0.4) is 0 Å². The predicted molar refractivity (Wildman–Crippen MR) is 72.2 cm³/mol. The van der Waals surface area contributed by atoms with Crippen LogP contribution < -0.4 is 0 Å². The molecule has 2 aliphatic rings. The molecule has 0 bridgehead atoms. The highest BCUT2D eigenvalue weighted by Gasteiger charge is 2.25. The molecule has 2 amide bonds. The van der Waals surface area contributed by atoms with Gasteiger partial charge in [-0.1, -0.05) is 0 Å². The van der Waals surface area contributed by atoms with Crippen molar-refractivity contribution in [2.75, 3.05) is 52.6 Å². The van der Waals surface area contributed by atoms with E-state index in [4.69, 9.17) is 13.9 Å². The van der Waals surface area contributed by atoms with Crippen LogP contribution in [0.1, 0.15) is 21.1 Å². The van der Waals surface area contributed by atoms with Crippen LogP contribution in [0.5, 0.6) is 0 Å². The van der Waals surface area contributed by atoms with E-state index in [1.165, 1.54) is 0 Å². The second-order valence-electron chi connectivity index (χ2n) is 4.97. The zero-order valence-corrected chi connectivity index (χ0v) is 11.7. The number of hydrogen-bond acceptors (Lipinski definition) is 5. The number of ether oxygens (including phenoxy) is 2. The molecule has 3 heterocycles. The average Bonchev–Trinajstić information content (AvgIpc) is 3.05. The van der Waals surface area contributed by atoms with Crippen LogP contribution in [0.15, 0.2) is 16.5 Å². The molecular formula is C14H18N2O5. The van der Waals surface area contributed by atoms with Crippen molar-refractivity contribution in [3.63, 3.8) is 0 Å². The van der Waals surface area contributed by atoms with Gasteiger partial charge in [-0.3, -0.25) is 9.59 Å². The van der Waals surface area contributed by atoms with Crippen molar-refractivity contribution < 1.29 is 23.5 Å². The maximum atomic E-state index is 12.2. The lowest BCUT2D eigenvalue weighted by Crippen LogP contribution is -2.41. The first-order chi connectivity index (χ1) is 10.3. The van der Waals surface area contributed by atoms with E-state index >= 15 is 0 Å². The van der Waals surface area contributed by atoms with E-state index in [1.54, 1.807) is 21.9 Å². The highest BCUT2D eigenvalue weighted by Crippen LogP contribution is 2.14. The van der Waals surface area contributed by atoms with Gasteiger partial charge >= 0.3 is 0 Å². The van der Waals surface area contributed by atoms with Crippen molar-refractivity contribution >= 4 is 11.8 Å². The van der Waals surface area contributed by atoms with Crippen LogP contribution in [0.2, 0.25) is 0 Å². The first-order valence-electron chi connectivity index (χ1n) is 7.09. The van der Waals surface area contributed by atoms with Crippen LogP contribution in [-0.2, 0) is 9.47 Å². The number of amides is 2. The number of carbonyl (C=O) groups excluding carboxylic acids is 2. The molecule has 1 aromatic heterocycles. The normalized spacial score (nSPS) is 19.6. The smallest absolute Gasteiger partial charge is 0.289 e. The summed E-state index contributed by atoms with van der Waals surface area (Å²) in [5, 5.41) is 0. The molecule has 3 rings (SSSR count). The Kier molecular flexibility index (Phi) is 4.21. The van der Waals surface area contributed by atoms with Crippen molar-refractivity contribution in [1.82, 2.24) is 9.80 Å². The molecule has 0 unspecified atom stereocenters. The first kappa shape index (κ1) is 14.1. The van der Waals surface area contributed by atoms with Crippen molar-refractivity contribution in [2.45, 2.75) is 0 Å². The van der Waals surface area contributed by atoms with Crippen LogP contribution in [0.25, 0.3) is 0 Å². The predicted octanol–water partition coefficient (Wildman–Crippen LogP) is 0.224. The molecule has 0 aliphatic carbocycles. The zero-order valence-electron chi connectivity index (χ0n) is 11.7. The summed E-state index contributed by atoms with van der Waals surface area (Å²) in [6.07, 6.45) is 0. The fourth-order valence-electron chi connectivity index (χ4n) is 2.41. The lowest BCUT2D eigenvalue weighted by atomic mass is 10.3. The van der Waals surface area contributed by atoms with Gasteiger partial charge in [0.15, 0.2) is 11.5 Å². The molecule has 2 aliphatic heterocycles. The fourth-order valence-corrected chi connectivity index (χ4v) is 2.41. The molecule has 0 saturated carbocycles. The molecule has 114 valence electrons.